The minimum Gasteiger partial charge on any atom is -0.354 e. The van der Waals surface area contributed by atoms with Crippen LogP contribution in [0.5, 0.6) is 0 Å². The van der Waals surface area contributed by atoms with Crippen LogP contribution in [0.4, 0.5) is 0 Å². The fourth-order valence-electron chi connectivity index (χ4n) is 1.27. The molecule has 0 aromatic heterocycles. The summed E-state index contributed by atoms with van der Waals surface area (Å²) in [4.78, 5) is 10.7. The van der Waals surface area contributed by atoms with Gasteiger partial charge in [0.05, 0.1) is 0 Å². The highest BCUT2D eigenvalue weighted by Gasteiger charge is 2.06. The molecule has 0 aliphatic carbocycles. The Balaban J connectivity index is -0.000000318. The van der Waals surface area contributed by atoms with Gasteiger partial charge >= 0.3 is 0 Å². The summed E-state index contributed by atoms with van der Waals surface area (Å²) in [6.45, 7) is 13.9. The third-order valence-corrected chi connectivity index (χ3v) is 1.68. The Labute approximate surface area is 96.8 Å². The maximum atomic E-state index is 10.7. The molecule has 0 aliphatic heterocycles. The molecule has 2 nitrogen and oxygen atoms in total. The Morgan fingerprint density at radius 1 is 1.00 bits per heavy atom. The van der Waals surface area contributed by atoms with E-state index in [-0.39, 0.29) is 5.91 Å². The summed E-state index contributed by atoms with van der Waals surface area (Å²) in [7, 11) is 0. The molecule has 0 saturated heterocycles. The topological polar surface area (TPSA) is 29.1 Å². The van der Waals surface area contributed by atoms with Crippen LogP contribution in [-0.4, -0.2) is 11.9 Å². The van der Waals surface area contributed by atoms with E-state index < -0.39 is 0 Å². The molecule has 1 N–H and O–H groups in total. The predicted molar refractivity (Wildman–Crippen MR) is 70.1 cm³/mol. The van der Waals surface area contributed by atoms with Gasteiger partial charge in [0.1, 0.15) is 0 Å². The molecule has 0 aromatic rings. The van der Waals surface area contributed by atoms with E-state index >= 15 is 0 Å². The van der Waals surface area contributed by atoms with Crippen LogP contribution in [0.25, 0.3) is 0 Å². The van der Waals surface area contributed by atoms with Gasteiger partial charge in [-0.3, -0.25) is 4.79 Å². The van der Waals surface area contributed by atoms with Crippen LogP contribution in [0.1, 0.15) is 74.1 Å². The van der Waals surface area contributed by atoms with Crippen LogP contribution in [0.15, 0.2) is 0 Å². The number of hydrogen-bond donors (Lipinski definition) is 1. The molecule has 0 aliphatic rings. The molecule has 2 heteroatoms. The minimum absolute atomic E-state index is 0.0944. The highest BCUT2D eigenvalue weighted by atomic mass is 16.1. The molecule has 94 valence electrons. The summed E-state index contributed by atoms with van der Waals surface area (Å²) in [6, 6.07) is 0.405. The molecule has 0 atom stereocenters. The molecular weight excluding hydrogens is 186 g/mol. The third kappa shape index (κ3) is 19.8. The second kappa shape index (κ2) is 19.1. The number of carbonyl (C=O) groups excluding carboxylic acids is 1. The average Bonchev–Trinajstić information content (AvgIpc) is 2.24. The maximum Gasteiger partial charge on any atom is 0.217 e. The molecule has 0 fully saturated rings. The van der Waals surface area contributed by atoms with E-state index in [1.165, 1.54) is 0 Å². The second-order valence-electron chi connectivity index (χ2n) is 2.97. The summed E-state index contributed by atoms with van der Waals surface area (Å²) >= 11 is 0. The largest absolute Gasteiger partial charge is 0.354 e. The number of hydrogen-bond acceptors (Lipinski definition) is 1. The Kier molecular flexibility index (Phi) is 25.4. The Hall–Kier alpha value is -0.530. The van der Waals surface area contributed by atoms with Crippen LogP contribution in [-0.2, 0) is 4.79 Å². The van der Waals surface area contributed by atoms with Crippen molar-refractivity contribution in [2.75, 3.05) is 0 Å². The Morgan fingerprint density at radius 3 is 1.53 bits per heavy atom. The molecular formula is C13H31NO. The van der Waals surface area contributed by atoms with Crippen molar-refractivity contribution in [3.8, 4) is 0 Å². The van der Waals surface area contributed by atoms with Gasteiger partial charge in [0.15, 0.2) is 0 Å². The van der Waals surface area contributed by atoms with Gasteiger partial charge in [-0.2, -0.15) is 0 Å². The first-order chi connectivity index (χ1) is 7.20. The monoisotopic (exact) mass is 217 g/mol. The fourth-order valence-corrected chi connectivity index (χ4v) is 1.27. The zero-order valence-corrected chi connectivity index (χ0v) is 11.8. The average molecular weight is 217 g/mol. The summed E-state index contributed by atoms with van der Waals surface area (Å²) < 4.78 is 0. The number of rotatable bonds is 5. The molecule has 0 heterocycles. The van der Waals surface area contributed by atoms with Crippen LogP contribution in [0.2, 0.25) is 0 Å². The van der Waals surface area contributed by atoms with E-state index in [1.807, 2.05) is 27.7 Å². The van der Waals surface area contributed by atoms with Gasteiger partial charge in [-0.25, -0.2) is 0 Å². The number of amides is 1. The maximum absolute atomic E-state index is 10.7. The smallest absolute Gasteiger partial charge is 0.217 e. The lowest BCUT2D eigenvalue weighted by Gasteiger charge is -2.15. The second-order valence-corrected chi connectivity index (χ2v) is 2.97. The van der Waals surface area contributed by atoms with Crippen molar-refractivity contribution in [1.29, 1.82) is 0 Å². The van der Waals surface area contributed by atoms with Gasteiger partial charge in [0, 0.05) is 13.0 Å². The van der Waals surface area contributed by atoms with Gasteiger partial charge in [0.25, 0.3) is 0 Å². The van der Waals surface area contributed by atoms with Crippen molar-refractivity contribution < 1.29 is 4.79 Å². The first-order valence-corrected chi connectivity index (χ1v) is 6.47. The first kappa shape index (κ1) is 20.0. The zero-order chi connectivity index (χ0) is 12.7. The SMILES string of the molecule is CC.CC.CCCC(CCC)NC(C)=O. The van der Waals surface area contributed by atoms with E-state index in [9.17, 15) is 4.79 Å². The van der Waals surface area contributed by atoms with E-state index in [2.05, 4.69) is 19.2 Å². The first-order valence-electron chi connectivity index (χ1n) is 6.47. The van der Waals surface area contributed by atoms with E-state index in [0.717, 1.165) is 25.7 Å². The Morgan fingerprint density at radius 2 is 1.33 bits per heavy atom. The predicted octanol–water partition coefficient (Wildman–Crippen LogP) is 4.14. The number of carbonyl (C=O) groups is 1. The van der Waals surface area contributed by atoms with Gasteiger partial charge in [-0.15, -0.1) is 0 Å². The van der Waals surface area contributed by atoms with E-state index in [0.29, 0.717) is 6.04 Å². The van der Waals surface area contributed by atoms with Crippen LogP contribution in [0.3, 0.4) is 0 Å². The van der Waals surface area contributed by atoms with Crippen LogP contribution < -0.4 is 5.32 Å². The van der Waals surface area contributed by atoms with Crippen molar-refractivity contribution in [3.05, 3.63) is 0 Å². The van der Waals surface area contributed by atoms with Crippen LogP contribution >= 0.6 is 0 Å². The molecule has 0 saturated carbocycles. The van der Waals surface area contributed by atoms with Gasteiger partial charge in [-0.1, -0.05) is 54.4 Å². The van der Waals surface area contributed by atoms with Gasteiger partial charge < -0.3 is 5.32 Å². The molecule has 15 heavy (non-hydrogen) atoms. The van der Waals surface area contributed by atoms with E-state index in [1.54, 1.807) is 6.92 Å². The molecule has 0 rings (SSSR count). The Bertz CT molecular complexity index is 107. The molecule has 0 unspecified atom stereocenters. The summed E-state index contributed by atoms with van der Waals surface area (Å²) in [5.41, 5.74) is 0. The number of nitrogens with one attached hydrogen (secondary N) is 1. The van der Waals surface area contributed by atoms with Crippen molar-refractivity contribution in [2.45, 2.75) is 80.2 Å². The quantitative estimate of drug-likeness (QED) is 0.736. The molecule has 1 amide bonds. The molecule has 0 radical (unpaired) electrons. The third-order valence-electron chi connectivity index (χ3n) is 1.68. The van der Waals surface area contributed by atoms with Crippen molar-refractivity contribution >= 4 is 5.91 Å². The fraction of sp³-hybridized carbons (Fsp3) is 0.923. The normalized spacial score (nSPS) is 8.27. The van der Waals surface area contributed by atoms with Gasteiger partial charge in [0.2, 0.25) is 5.91 Å². The summed E-state index contributed by atoms with van der Waals surface area (Å²) in [5.74, 6) is 0.0944. The summed E-state index contributed by atoms with van der Waals surface area (Å²) in [5, 5.41) is 2.94. The zero-order valence-electron chi connectivity index (χ0n) is 11.8. The van der Waals surface area contributed by atoms with Crippen LogP contribution in [0, 0.1) is 0 Å². The van der Waals surface area contributed by atoms with Crippen molar-refractivity contribution in [1.82, 2.24) is 5.32 Å². The highest BCUT2D eigenvalue weighted by Crippen LogP contribution is 2.03. The lowest BCUT2D eigenvalue weighted by Crippen LogP contribution is -2.32. The van der Waals surface area contributed by atoms with E-state index in [4.69, 9.17) is 0 Å². The standard InChI is InChI=1S/C9H19NO.2C2H6/c1-4-6-9(7-5-2)10-8(3)11;2*1-2/h9H,4-7H2,1-3H3,(H,10,11);2*1-2H3. The molecule has 0 aromatic carbocycles. The van der Waals surface area contributed by atoms with Crippen molar-refractivity contribution in [2.24, 2.45) is 0 Å². The molecule has 0 bridgehead atoms. The lowest BCUT2D eigenvalue weighted by atomic mass is 10.1. The highest BCUT2D eigenvalue weighted by molar-refractivity contribution is 5.73. The minimum atomic E-state index is 0.0944. The summed E-state index contributed by atoms with van der Waals surface area (Å²) in [6.07, 6.45) is 4.50. The van der Waals surface area contributed by atoms with Gasteiger partial charge in [-0.05, 0) is 12.8 Å². The molecule has 0 spiro atoms. The lowest BCUT2D eigenvalue weighted by molar-refractivity contribution is -0.119. The van der Waals surface area contributed by atoms with Crippen molar-refractivity contribution in [3.63, 3.8) is 0 Å².